The Morgan fingerprint density at radius 1 is 1.25 bits per heavy atom. The first-order chi connectivity index (χ1) is 15.4. The molecule has 174 valence electrons. The fraction of sp³-hybridized carbons (Fsp3) is 0.591. The lowest BCUT2D eigenvalue weighted by molar-refractivity contribution is -0.126. The molecule has 4 rings (SSSR count). The molecule has 3 heterocycles. The van der Waals surface area contributed by atoms with Gasteiger partial charge in [-0.15, -0.1) is 0 Å². The standard InChI is InChI=1S/C22H30N4O5S/c1-3-20-24-21(25-31-20)17-7-6-15(2)19(13-17)32(28,29)26-10-8-16(9-11-26)22(27)23-14-18-5-4-12-30-18/h6-7,13,16,18H,3-5,8-12,14H2,1-2H3,(H,23,27)/t18-/m1/s1. The third kappa shape index (κ3) is 4.87. The molecule has 1 amide bonds. The van der Waals surface area contributed by atoms with Gasteiger partial charge in [-0.05, 0) is 44.2 Å². The highest BCUT2D eigenvalue weighted by atomic mass is 32.2. The molecule has 10 heteroatoms. The Hall–Kier alpha value is -2.30. The monoisotopic (exact) mass is 462 g/mol. The highest BCUT2D eigenvalue weighted by Crippen LogP contribution is 2.29. The number of nitrogens with one attached hydrogen (secondary N) is 1. The van der Waals surface area contributed by atoms with Gasteiger partial charge in [0.2, 0.25) is 27.6 Å². The van der Waals surface area contributed by atoms with Crippen LogP contribution in [0.25, 0.3) is 11.4 Å². The second-order valence-corrected chi connectivity index (χ2v) is 10.3. The topological polar surface area (TPSA) is 115 Å². The number of carbonyl (C=O) groups is 1. The van der Waals surface area contributed by atoms with Gasteiger partial charge in [-0.1, -0.05) is 24.2 Å². The first-order valence-electron chi connectivity index (χ1n) is 11.2. The number of ether oxygens (including phenoxy) is 1. The van der Waals surface area contributed by atoms with E-state index in [9.17, 15) is 13.2 Å². The predicted octanol–water partition coefficient (Wildman–Crippen LogP) is 2.30. The van der Waals surface area contributed by atoms with Crippen molar-refractivity contribution in [3.8, 4) is 11.4 Å². The molecule has 1 N–H and O–H groups in total. The molecule has 2 saturated heterocycles. The molecular formula is C22H30N4O5S. The molecule has 1 aromatic carbocycles. The van der Waals surface area contributed by atoms with Crippen LogP contribution in [0.1, 0.15) is 44.1 Å². The number of rotatable bonds is 7. The molecule has 2 fully saturated rings. The lowest BCUT2D eigenvalue weighted by Crippen LogP contribution is -2.44. The summed E-state index contributed by atoms with van der Waals surface area (Å²) in [6, 6.07) is 5.16. The first kappa shape index (κ1) is 22.9. The second kappa shape index (κ2) is 9.68. The van der Waals surface area contributed by atoms with Gasteiger partial charge in [0.25, 0.3) is 0 Å². The maximum Gasteiger partial charge on any atom is 0.243 e. The molecule has 0 aliphatic carbocycles. The summed E-state index contributed by atoms with van der Waals surface area (Å²) in [6.07, 6.45) is 3.71. The lowest BCUT2D eigenvalue weighted by Gasteiger charge is -2.31. The highest BCUT2D eigenvalue weighted by Gasteiger charge is 2.33. The zero-order valence-electron chi connectivity index (χ0n) is 18.5. The third-order valence-corrected chi connectivity index (χ3v) is 8.23. The molecule has 2 aliphatic rings. The molecule has 9 nitrogen and oxygen atoms in total. The Morgan fingerprint density at radius 2 is 2.03 bits per heavy atom. The summed E-state index contributed by atoms with van der Waals surface area (Å²) >= 11 is 0. The number of amides is 1. The van der Waals surface area contributed by atoms with Crippen LogP contribution in [0.4, 0.5) is 0 Å². The van der Waals surface area contributed by atoms with Gasteiger partial charge in [-0.3, -0.25) is 4.79 Å². The molecule has 0 radical (unpaired) electrons. The van der Waals surface area contributed by atoms with Gasteiger partial charge < -0.3 is 14.6 Å². The van der Waals surface area contributed by atoms with Crippen LogP contribution in [-0.4, -0.2) is 61.1 Å². The Morgan fingerprint density at radius 3 is 2.69 bits per heavy atom. The van der Waals surface area contributed by atoms with Gasteiger partial charge in [0.15, 0.2) is 0 Å². The van der Waals surface area contributed by atoms with Crippen molar-refractivity contribution >= 4 is 15.9 Å². The summed E-state index contributed by atoms with van der Waals surface area (Å²) in [5.74, 6) is 0.686. The molecule has 0 saturated carbocycles. The summed E-state index contributed by atoms with van der Waals surface area (Å²) in [5.41, 5.74) is 1.26. The minimum Gasteiger partial charge on any atom is -0.376 e. The van der Waals surface area contributed by atoms with E-state index in [-0.39, 0.29) is 22.8 Å². The van der Waals surface area contributed by atoms with E-state index in [0.29, 0.717) is 61.7 Å². The van der Waals surface area contributed by atoms with E-state index in [2.05, 4.69) is 15.5 Å². The number of carbonyl (C=O) groups excluding carboxylic acids is 1. The smallest absolute Gasteiger partial charge is 0.243 e. The van der Waals surface area contributed by atoms with Gasteiger partial charge in [0.1, 0.15) is 0 Å². The Labute approximate surface area is 188 Å². The van der Waals surface area contributed by atoms with Crippen LogP contribution in [-0.2, 0) is 26.0 Å². The van der Waals surface area contributed by atoms with E-state index in [0.717, 1.165) is 19.4 Å². The summed E-state index contributed by atoms with van der Waals surface area (Å²) in [7, 11) is -3.70. The molecule has 2 aliphatic heterocycles. The Kier molecular flexibility index (Phi) is 6.92. The van der Waals surface area contributed by atoms with E-state index >= 15 is 0 Å². The molecule has 1 aromatic heterocycles. The summed E-state index contributed by atoms with van der Waals surface area (Å²) in [5, 5.41) is 6.92. The predicted molar refractivity (Wildman–Crippen MR) is 117 cm³/mol. The highest BCUT2D eigenvalue weighted by molar-refractivity contribution is 7.89. The van der Waals surface area contributed by atoms with Crippen molar-refractivity contribution in [2.45, 2.75) is 57.0 Å². The number of hydrogen-bond acceptors (Lipinski definition) is 7. The maximum absolute atomic E-state index is 13.4. The normalized spacial score (nSPS) is 20.5. The van der Waals surface area contributed by atoms with Crippen LogP contribution in [0.5, 0.6) is 0 Å². The molecule has 0 bridgehead atoms. The summed E-state index contributed by atoms with van der Waals surface area (Å²) in [4.78, 5) is 17.0. The van der Waals surface area contributed by atoms with Crippen LogP contribution in [0.2, 0.25) is 0 Å². The SMILES string of the molecule is CCc1nc(-c2ccc(C)c(S(=O)(=O)N3CCC(C(=O)NC[C@H]4CCCO4)CC3)c2)no1. The molecule has 0 spiro atoms. The van der Waals surface area contributed by atoms with E-state index < -0.39 is 10.0 Å². The quantitative estimate of drug-likeness (QED) is 0.671. The lowest BCUT2D eigenvalue weighted by atomic mass is 9.97. The molecule has 0 unspecified atom stereocenters. The van der Waals surface area contributed by atoms with E-state index in [1.807, 2.05) is 6.92 Å². The Balaban J connectivity index is 1.41. The minimum atomic E-state index is -3.70. The van der Waals surface area contributed by atoms with Crippen LogP contribution >= 0.6 is 0 Å². The largest absolute Gasteiger partial charge is 0.376 e. The zero-order chi connectivity index (χ0) is 22.7. The second-order valence-electron chi connectivity index (χ2n) is 8.40. The van der Waals surface area contributed by atoms with Crippen molar-refractivity contribution < 1.29 is 22.5 Å². The maximum atomic E-state index is 13.4. The van der Waals surface area contributed by atoms with E-state index in [4.69, 9.17) is 9.26 Å². The van der Waals surface area contributed by atoms with Crippen LogP contribution in [0.3, 0.4) is 0 Å². The number of aryl methyl sites for hydroxylation is 2. The van der Waals surface area contributed by atoms with Gasteiger partial charge in [0, 0.05) is 44.1 Å². The molecular weight excluding hydrogens is 432 g/mol. The molecule has 32 heavy (non-hydrogen) atoms. The average molecular weight is 463 g/mol. The van der Waals surface area contributed by atoms with Crippen molar-refractivity contribution in [2.24, 2.45) is 5.92 Å². The number of hydrogen-bond donors (Lipinski definition) is 1. The van der Waals surface area contributed by atoms with Crippen molar-refractivity contribution in [3.63, 3.8) is 0 Å². The fourth-order valence-corrected chi connectivity index (χ4v) is 5.91. The first-order valence-corrected chi connectivity index (χ1v) is 12.7. The summed E-state index contributed by atoms with van der Waals surface area (Å²) < 4.78 is 38.9. The van der Waals surface area contributed by atoms with Crippen molar-refractivity contribution in [1.82, 2.24) is 19.8 Å². The zero-order valence-corrected chi connectivity index (χ0v) is 19.4. The van der Waals surface area contributed by atoms with Gasteiger partial charge in [0.05, 0.1) is 11.0 Å². The number of sulfonamides is 1. The molecule has 1 atom stereocenters. The van der Waals surface area contributed by atoms with E-state index in [1.54, 1.807) is 25.1 Å². The van der Waals surface area contributed by atoms with Crippen LogP contribution in [0.15, 0.2) is 27.6 Å². The number of benzene rings is 1. The Bertz CT molecular complexity index is 1050. The van der Waals surface area contributed by atoms with Gasteiger partial charge >= 0.3 is 0 Å². The third-order valence-electron chi connectivity index (χ3n) is 6.19. The van der Waals surface area contributed by atoms with E-state index in [1.165, 1.54) is 4.31 Å². The van der Waals surface area contributed by atoms with Gasteiger partial charge in [-0.25, -0.2) is 8.42 Å². The average Bonchev–Trinajstić information content (AvgIpc) is 3.50. The van der Waals surface area contributed by atoms with Gasteiger partial charge in [-0.2, -0.15) is 9.29 Å². The minimum absolute atomic E-state index is 0.0143. The fourth-order valence-electron chi connectivity index (χ4n) is 4.19. The van der Waals surface area contributed by atoms with Crippen molar-refractivity contribution in [3.05, 3.63) is 29.7 Å². The number of piperidine rings is 1. The van der Waals surface area contributed by atoms with Crippen LogP contribution < -0.4 is 5.32 Å². The summed E-state index contributed by atoms with van der Waals surface area (Å²) in [6.45, 7) is 5.59. The number of nitrogens with zero attached hydrogens (tertiary/aromatic N) is 3. The number of aromatic nitrogens is 2. The van der Waals surface area contributed by atoms with Crippen LogP contribution in [0, 0.1) is 12.8 Å². The molecule has 2 aromatic rings. The van der Waals surface area contributed by atoms with Crippen molar-refractivity contribution in [2.75, 3.05) is 26.2 Å². The van der Waals surface area contributed by atoms with Crippen molar-refractivity contribution in [1.29, 1.82) is 0 Å².